The van der Waals surface area contributed by atoms with Crippen LogP contribution < -0.4 is 4.74 Å². The molecule has 0 atom stereocenters. The van der Waals surface area contributed by atoms with Crippen molar-refractivity contribution in [1.82, 2.24) is 4.90 Å². The molecule has 7 heteroatoms. The van der Waals surface area contributed by atoms with Crippen molar-refractivity contribution in [2.24, 2.45) is 4.99 Å². The summed E-state index contributed by atoms with van der Waals surface area (Å²) in [6.45, 7) is 0.528. The molecule has 1 heterocycles. The molecule has 4 nitrogen and oxygen atoms in total. The Morgan fingerprint density at radius 3 is 2.38 bits per heavy atom. The van der Waals surface area contributed by atoms with E-state index in [1.807, 2.05) is 78.9 Å². The fourth-order valence-corrected chi connectivity index (χ4v) is 4.57. The van der Waals surface area contributed by atoms with Gasteiger partial charge in [0.05, 0.1) is 17.7 Å². The lowest BCUT2D eigenvalue weighted by Crippen LogP contribution is -2.31. The van der Waals surface area contributed by atoms with Crippen molar-refractivity contribution in [3.8, 4) is 5.75 Å². The predicted molar refractivity (Wildman–Crippen MR) is 137 cm³/mol. The summed E-state index contributed by atoms with van der Waals surface area (Å²) < 4.78 is 6.22. The minimum atomic E-state index is -0.0425. The van der Waals surface area contributed by atoms with E-state index in [1.165, 1.54) is 11.8 Å². The number of amidine groups is 1. The topological polar surface area (TPSA) is 41.9 Å². The molecule has 0 aliphatic carbocycles. The number of thioether (sulfide) groups is 1. The predicted octanol–water partition coefficient (Wildman–Crippen LogP) is 6.96. The molecule has 32 heavy (non-hydrogen) atoms. The molecule has 162 valence electrons. The molecule has 0 N–H and O–H groups in total. The molecule has 4 rings (SSSR count). The molecule has 3 aromatic carbocycles. The van der Waals surface area contributed by atoms with E-state index in [2.05, 4.69) is 15.9 Å². The van der Waals surface area contributed by atoms with Crippen molar-refractivity contribution >= 4 is 62.1 Å². The second-order valence-corrected chi connectivity index (χ2v) is 9.45. The number of nitrogens with zero attached hydrogens (tertiary/aromatic N) is 2. The van der Waals surface area contributed by atoms with Gasteiger partial charge in [0.25, 0.3) is 5.91 Å². The maximum absolute atomic E-state index is 13.3. The van der Waals surface area contributed by atoms with Gasteiger partial charge in [0, 0.05) is 16.0 Å². The molecule has 1 aliphatic heterocycles. The molecule has 0 aromatic heterocycles. The van der Waals surface area contributed by atoms with E-state index < -0.39 is 0 Å². The van der Waals surface area contributed by atoms with Gasteiger partial charge in [0.15, 0.2) is 5.17 Å². The summed E-state index contributed by atoms with van der Waals surface area (Å²) in [7, 11) is 1.63. The highest BCUT2D eigenvalue weighted by molar-refractivity contribution is 9.10. The van der Waals surface area contributed by atoms with E-state index in [9.17, 15) is 4.79 Å². The summed E-state index contributed by atoms with van der Waals surface area (Å²) >= 11 is 10.8. The second-order valence-electron chi connectivity index (χ2n) is 7.09. The molecule has 1 fully saturated rings. The SMILES string of the molecule is COc1ccc(N=C2S/C(=C/c3ccc(Br)cc3)C(=O)N2CCc2ccc(Cl)cc2)cc1. The first-order valence-corrected chi connectivity index (χ1v) is 11.9. The normalized spacial score (nSPS) is 16.2. The Morgan fingerprint density at radius 1 is 1.03 bits per heavy atom. The number of methoxy groups -OCH3 is 1. The van der Waals surface area contributed by atoms with E-state index in [1.54, 1.807) is 12.0 Å². The van der Waals surface area contributed by atoms with Crippen molar-refractivity contribution in [2.45, 2.75) is 6.42 Å². The molecule has 3 aromatic rings. The lowest BCUT2D eigenvalue weighted by Gasteiger charge is -2.15. The number of aliphatic imine (C=N–C) groups is 1. The zero-order valence-electron chi connectivity index (χ0n) is 17.3. The average molecular weight is 528 g/mol. The Hall–Kier alpha value is -2.54. The fourth-order valence-electron chi connectivity index (χ4n) is 3.16. The van der Waals surface area contributed by atoms with Crippen LogP contribution in [0.5, 0.6) is 5.75 Å². The van der Waals surface area contributed by atoms with Crippen LogP contribution in [0.4, 0.5) is 5.69 Å². The van der Waals surface area contributed by atoms with E-state index in [4.69, 9.17) is 21.3 Å². The fraction of sp³-hybridized carbons (Fsp3) is 0.120. The van der Waals surface area contributed by atoms with Crippen LogP contribution in [0.1, 0.15) is 11.1 Å². The third-order valence-electron chi connectivity index (χ3n) is 4.89. The van der Waals surface area contributed by atoms with E-state index >= 15 is 0 Å². The van der Waals surface area contributed by atoms with Crippen LogP contribution in [0.15, 0.2) is 87.2 Å². The molecule has 1 saturated heterocycles. The largest absolute Gasteiger partial charge is 0.497 e. The third-order valence-corrected chi connectivity index (χ3v) is 6.68. The number of carbonyl (C=O) groups is 1. The van der Waals surface area contributed by atoms with Crippen molar-refractivity contribution in [1.29, 1.82) is 0 Å². The summed E-state index contributed by atoms with van der Waals surface area (Å²) in [5.74, 6) is 0.721. The molecule has 1 amide bonds. The molecular weight excluding hydrogens is 508 g/mol. The maximum atomic E-state index is 13.3. The Balaban J connectivity index is 1.61. The lowest BCUT2D eigenvalue weighted by atomic mass is 10.1. The van der Waals surface area contributed by atoms with Crippen LogP contribution in [-0.4, -0.2) is 29.6 Å². The van der Waals surface area contributed by atoms with Crippen LogP contribution >= 0.6 is 39.3 Å². The van der Waals surface area contributed by atoms with Gasteiger partial charge in [-0.15, -0.1) is 0 Å². The van der Waals surface area contributed by atoms with Gasteiger partial charge in [-0.2, -0.15) is 0 Å². The molecule has 0 radical (unpaired) electrons. The van der Waals surface area contributed by atoms with Gasteiger partial charge < -0.3 is 4.74 Å². The highest BCUT2D eigenvalue weighted by Crippen LogP contribution is 2.34. The molecule has 1 aliphatic rings. The van der Waals surface area contributed by atoms with Gasteiger partial charge in [-0.1, -0.05) is 51.8 Å². The van der Waals surface area contributed by atoms with Crippen molar-refractivity contribution in [3.63, 3.8) is 0 Å². The number of hydrogen-bond acceptors (Lipinski definition) is 4. The lowest BCUT2D eigenvalue weighted by molar-refractivity contribution is -0.122. The molecular formula is C25H20BrClN2O2S. The maximum Gasteiger partial charge on any atom is 0.266 e. The first kappa shape index (κ1) is 22.6. The number of carbonyl (C=O) groups excluding carboxylic acids is 1. The quantitative estimate of drug-likeness (QED) is 0.326. The van der Waals surface area contributed by atoms with Crippen molar-refractivity contribution in [2.75, 3.05) is 13.7 Å². The Bertz CT molecular complexity index is 1160. The number of amides is 1. The number of hydrogen-bond donors (Lipinski definition) is 0. The molecule has 0 saturated carbocycles. The minimum absolute atomic E-state index is 0.0425. The first-order chi connectivity index (χ1) is 15.5. The van der Waals surface area contributed by atoms with Crippen LogP contribution in [0, 0.1) is 0 Å². The molecule has 0 unspecified atom stereocenters. The average Bonchev–Trinajstić information content (AvgIpc) is 3.09. The Labute approximate surface area is 205 Å². The standard InChI is InChI=1S/C25H20BrClN2O2S/c1-31-22-12-10-21(11-13-22)28-25-29(15-14-17-4-8-20(27)9-5-17)24(30)23(32-25)16-18-2-6-19(26)7-3-18/h2-13,16H,14-15H2,1H3/b23-16+,28-25?. The van der Waals surface area contributed by atoms with Gasteiger partial charge >= 0.3 is 0 Å². The van der Waals surface area contributed by atoms with E-state index in [0.29, 0.717) is 28.1 Å². The first-order valence-electron chi connectivity index (χ1n) is 9.96. The zero-order valence-corrected chi connectivity index (χ0v) is 20.5. The zero-order chi connectivity index (χ0) is 22.5. The molecule has 0 bridgehead atoms. The van der Waals surface area contributed by atoms with E-state index in [0.717, 1.165) is 27.0 Å². The van der Waals surface area contributed by atoms with Crippen LogP contribution in [0.3, 0.4) is 0 Å². The number of rotatable bonds is 6. The van der Waals surface area contributed by atoms with Gasteiger partial charge in [-0.3, -0.25) is 9.69 Å². The Kier molecular flexibility index (Phi) is 7.35. The number of benzene rings is 3. The number of halogens is 2. The van der Waals surface area contributed by atoms with Crippen molar-refractivity contribution in [3.05, 3.63) is 98.3 Å². The van der Waals surface area contributed by atoms with Crippen LogP contribution in [0.25, 0.3) is 6.08 Å². The molecule has 0 spiro atoms. The summed E-state index contributed by atoms with van der Waals surface area (Å²) in [5.41, 5.74) is 2.84. The van der Waals surface area contributed by atoms with E-state index in [-0.39, 0.29) is 5.91 Å². The Morgan fingerprint density at radius 2 is 1.72 bits per heavy atom. The van der Waals surface area contributed by atoms with Crippen LogP contribution in [0.2, 0.25) is 5.02 Å². The van der Waals surface area contributed by atoms with Gasteiger partial charge in [0.2, 0.25) is 0 Å². The number of ether oxygens (including phenoxy) is 1. The minimum Gasteiger partial charge on any atom is -0.497 e. The highest BCUT2D eigenvalue weighted by Gasteiger charge is 2.33. The van der Waals surface area contributed by atoms with Crippen molar-refractivity contribution < 1.29 is 9.53 Å². The monoisotopic (exact) mass is 526 g/mol. The highest BCUT2D eigenvalue weighted by atomic mass is 79.9. The van der Waals surface area contributed by atoms with Crippen LogP contribution in [-0.2, 0) is 11.2 Å². The van der Waals surface area contributed by atoms with Gasteiger partial charge in [-0.25, -0.2) is 4.99 Å². The summed E-state index contributed by atoms with van der Waals surface area (Å²) in [6, 6.07) is 23.0. The summed E-state index contributed by atoms with van der Waals surface area (Å²) in [6.07, 6.45) is 2.61. The summed E-state index contributed by atoms with van der Waals surface area (Å²) in [4.78, 5) is 20.4. The third kappa shape index (κ3) is 5.63. The second kappa shape index (κ2) is 10.4. The van der Waals surface area contributed by atoms with Gasteiger partial charge in [-0.05, 0) is 83.9 Å². The van der Waals surface area contributed by atoms with Gasteiger partial charge in [0.1, 0.15) is 5.75 Å². The smallest absolute Gasteiger partial charge is 0.266 e. The summed E-state index contributed by atoms with van der Waals surface area (Å²) in [5, 5.41) is 1.36.